The maximum Gasteiger partial charge on any atom is 0.573 e. The van der Waals surface area contributed by atoms with Crippen LogP contribution in [0.1, 0.15) is 15.9 Å². The number of ether oxygens (including phenoxy) is 1. The number of sulfonamides is 1. The van der Waals surface area contributed by atoms with E-state index in [1.54, 1.807) is 0 Å². The predicted octanol–water partition coefficient (Wildman–Crippen LogP) is 5.22. The molecular weight excluding hydrogens is 532 g/mol. The number of rotatable bonds is 7. The fourth-order valence-electron chi connectivity index (χ4n) is 2.70. The van der Waals surface area contributed by atoms with Gasteiger partial charge in [0.1, 0.15) is 11.6 Å². The summed E-state index contributed by atoms with van der Waals surface area (Å²) in [6.45, 7) is 0.0679. The third kappa shape index (κ3) is 6.93. The minimum absolute atomic E-state index is 0.00733. The first-order chi connectivity index (χ1) is 15.4. The molecule has 1 amide bonds. The monoisotopic (exact) mass is 546 g/mol. The van der Waals surface area contributed by atoms with E-state index in [4.69, 9.17) is 0 Å². The molecule has 3 aromatic carbocycles. The standard InChI is InChI=1S/C21H15BrF4N2O4S/c22-14-3-10-19(18(11-14)20(29)27-12-13-1-4-15(23)5-2-13)28-33(30,31)17-8-6-16(7-9-17)32-21(24,25)26/h1-11,28H,12H2,(H,27,29). The van der Waals surface area contributed by atoms with Gasteiger partial charge in [0.15, 0.2) is 0 Å². The largest absolute Gasteiger partial charge is 0.573 e. The van der Waals surface area contributed by atoms with Crippen molar-refractivity contribution >= 4 is 37.5 Å². The Labute approximate surface area is 194 Å². The molecule has 0 aliphatic carbocycles. The Balaban J connectivity index is 1.79. The molecule has 33 heavy (non-hydrogen) atoms. The SMILES string of the molecule is O=C(NCc1ccc(F)cc1)c1cc(Br)ccc1NS(=O)(=O)c1ccc(OC(F)(F)F)cc1. The highest BCUT2D eigenvalue weighted by Crippen LogP contribution is 2.27. The first-order valence-electron chi connectivity index (χ1n) is 9.14. The lowest BCUT2D eigenvalue weighted by Gasteiger charge is -2.14. The number of anilines is 1. The third-order valence-electron chi connectivity index (χ3n) is 4.20. The zero-order valence-corrected chi connectivity index (χ0v) is 18.9. The molecule has 0 aliphatic heterocycles. The molecule has 0 bridgehead atoms. The average Bonchev–Trinajstić information content (AvgIpc) is 2.73. The van der Waals surface area contributed by atoms with Crippen LogP contribution >= 0.6 is 15.9 Å². The topological polar surface area (TPSA) is 84.5 Å². The van der Waals surface area contributed by atoms with Crippen molar-refractivity contribution in [3.8, 4) is 5.75 Å². The summed E-state index contributed by atoms with van der Waals surface area (Å²) in [6.07, 6.45) is -4.91. The van der Waals surface area contributed by atoms with Crippen LogP contribution < -0.4 is 14.8 Å². The van der Waals surface area contributed by atoms with E-state index < -0.39 is 33.9 Å². The number of hydrogen-bond acceptors (Lipinski definition) is 4. The minimum atomic E-state index is -4.91. The van der Waals surface area contributed by atoms with Gasteiger partial charge in [0.25, 0.3) is 15.9 Å². The highest BCUT2D eigenvalue weighted by molar-refractivity contribution is 9.10. The van der Waals surface area contributed by atoms with Crippen molar-refractivity contribution in [3.63, 3.8) is 0 Å². The molecule has 0 atom stereocenters. The lowest BCUT2D eigenvalue weighted by molar-refractivity contribution is -0.274. The van der Waals surface area contributed by atoms with Gasteiger partial charge in [-0.25, -0.2) is 12.8 Å². The van der Waals surface area contributed by atoms with Crippen molar-refractivity contribution in [1.29, 1.82) is 0 Å². The van der Waals surface area contributed by atoms with Gasteiger partial charge in [0.05, 0.1) is 16.1 Å². The fraction of sp³-hybridized carbons (Fsp3) is 0.0952. The van der Waals surface area contributed by atoms with Crippen LogP contribution in [0.15, 0.2) is 76.1 Å². The third-order valence-corrected chi connectivity index (χ3v) is 6.08. The van der Waals surface area contributed by atoms with Crippen LogP contribution in [0.25, 0.3) is 0 Å². The van der Waals surface area contributed by atoms with Gasteiger partial charge in [0.2, 0.25) is 0 Å². The van der Waals surface area contributed by atoms with Gasteiger partial charge in [-0.1, -0.05) is 28.1 Å². The van der Waals surface area contributed by atoms with Gasteiger partial charge < -0.3 is 10.1 Å². The van der Waals surface area contributed by atoms with Crippen LogP contribution in [-0.4, -0.2) is 20.7 Å². The van der Waals surface area contributed by atoms with E-state index >= 15 is 0 Å². The molecule has 3 rings (SSSR count). The predicted molar refractivity (Wildman–Crippen MR) is 116 cm³/mol. The Kier molecular flexibility index (Phi) is 7.28. The van der Waals surface area contributed by atoms with Crippen molar-refractivity contribution in [2.24, 2.45) is 0 Å². The summed E-state index contributed by atoms with van der Waals surface area (Å²) in [5.41, 5.74) is 0.570. The van der Waals surface area contributed by atoms with Crippen LogP contribution in [0.4, 0.5) is 23.2 Å². The smallest absolute Gasteiger partial charge is 0.406 e. The zero-order chi connectivity index (χ0) is 24.2. The van der Waals surface area contributed by atoms with E-state index in [1.807, 2.05) is 0 Å². The molecule has 0 heterocycles. The number of amides is 1. The molecule has 0 unspecified atom stereocenters. The molecule has 12 heteroatoms. The molecule has 3 aromatic rings. The molecule has 0 spiro atoms. The van der Waals surface area contributed by atoms with Crippen molar-refractivity contribution in [2.75, 3.05) is 4.72 Å². The second-order valence-corrected chi connectivity index (χ2v) is 9.22. The lowest BCUT2D eigenvalue weighted by atomic mass is 10.1. The van der Waals surface area contributed by atoms with Gasteiger partial charge in [-0.2, -0.15) is 0 Å². The summed E-state index contributed by atoms with van der Waals surface area (Å²) in [5, 5.41) is 2.62. The van der Waals surface area contributed by atoms with Crippen molar-refractivity contribution in [1.82, 2.24) is 5.32 Å². The number of carbonyl (C=O) groups excluding carboxylic acids is 1. The molecule has 0 saturated carbocycles. The highest BCUT2D eigenvalue weighted by atomic mass is 79.9. The molecular formula is C21H15BrF4N2O4S. The first-order valence-corrected chi connectivity index (χ1v) is 11.4. The Hall–Kier alpha value is -3.12. The van der Waals surface area contributed by atoms with E-state index in [2.05, 4.69) is 30.7 Å². The Bertz CT molecular complexity index is 1250. The Morgan fingerprint density at radius 1 is 0.970 bits per heavy atom. The van der Waals surface area contributed by atoms with Gasteiger partial charge in [0, 0.05) is 11.0 Å². The van der Waals surface area contributed by atoms with E-state index in [-0.39, 0.29) is 22.7 Å². The second-order valence-electron chi connectivity index (χ2n) is 6.62. The summed E-state index contributed by atoms with van der Waals surface area (Å²) in [5.74, 6) is -1.61. The molecule has 0 radical (unpaired) electrons. The molecule has 0 aromatic heterocycles. The highest BCUT2D eigenvalue weighted by Gasteiger charge is 2.31. The van der Waals surface area contributed by atoms with Gasteiger partial charge in [-0.05, 0) is 60.2 Å². The Morgan fingerprint density at radius 3 is 2.21 bits per heavy atom. The molecule has 6 nitrogen and oxygen atoms in total. The fourth-order valence-corrected chi connectivity index (χ4v) is 4.14. The molecule has 2 N–H and O–H groups in total. The summed E-state index contributed by atoms with van der Waals surface area (Å²) >= 11 is 3.22. The van der Waals surface area contributed by atoms with Crippen LogP contribution in [0.5, 0.6) is 5.75 Å². The molecule has 0 fully saturated rings. The quantitative estimate of drug-likeness (QED) is 0.398. The van der Waals surface area contributed by atoms with Gasteiger partial charge in [-0.15, -0.1) is 13.2 Å². The lowest BCUT2D eigenvalue weighted by Crippen LogP contribution is -2.25. The summed E-state index contributed by atoms with van der Waals surface area (Å²) < 4.78 is 81.8. The Morgan fingerprint density at radius 2 is 1.61 bits per heavy atom. The molecule has 0 saturated heterocycles. The van der Waals surface area contributed by atoms with Crippen LogP contribution in [0.3, 0.4) is 0 Å². The number of hydrogen-bond donors (Lipinski definition) is 2. The molecule has 174 valence electrons. The van der Waals surface area contributed by atoms with Crippen molar-refractivity contribution < 1.29 is 35.5 Å². The van der Waals surface area contributed by atoms with Crippen LogP contribution in [0, 0.1) is 5.82 Å². The minimum Gasteiger partial charge on any atom is -0.406 e. The van der Waals surface area contributed by atoms with Crippen LogP contribution in [0.2, 0.25) is 0 Å². The summed E-state index contributed by atoms with van der Waals surface area (Å²) in [7, 11) is -4.24. The maximum absolute atomic E-state index is 13.0. The van der Waals surface area contributed by atoms with Crippen LogP contribution in [-0.2, 0) is 16.6 Å². The second kappa shape index (κ2) is 9.79. The number of benzene rings is 3. The number of halogens is 5. The number of alkyl halides is 3. The van der Waals surface area contributed by atoms with E-state index in [0.717, 1.165) is 24.3 Å². The summed E-state index contributed by atoms with van der Waals surface area (Å²) in [4.78, 5) is 12.4. The zero-order valence-electron chi connectivity index (χ0n) is 16.5. The first kappa shape index (κ1) is 24.5. The number of carbonyl (C=O) groups is 1. The van der Waals surface area contributed by atoms with E-state index in [9.17, 15) is 30.8 Å². The maximum atomic E-state index is 13.0. The van der Waals surface area contributed by atoms with Gasteiger partial charge >= 0.3 is 6.36 Å². The van der Waals surface area contributed by atoms with Crippen molar-refractivity contribution in [2.45, 2.75) is 17.8 Å². The molecule has 0 aliphatic rings. The van der Waals surface area contributed by atoms with E-state index in [1.165, 1.54) is 42.5 Å². The average molecular weight is 547 g/mol. The van der Waals surface area contributed by atoms with Crippen molar-refractivity contribution in [3.05, 3.63) is 88.1 Å². The normalized spacial score (nSPS) is 11.7. The number of nitrogens with one attached hydrogen (secondary N) is 2. The summed E-state index contributed by atoms with van der Waals surface area (Å²) in [6, 6.07) is 13.3. The van der Waals surface area contributed by atoms with Gasteiger partial charge in [-0.3, -0.25) is 9.52 Å². The van der Waals surface area contributed by atoms with E-state index in [0.29, 0.717) is 10.0 Å².